The van der Waals surface area contributed by atoms with Gasteiger partial charge >= 0.3 is 11.1 Å². The number of benzene rings is 1. The maximum absolute atomic E-state index is 11.5. The lowest BCUT2D eigenvalue weighted by molar-refractivity contribution is 0.445. The van der Waals surface area contributed by atoms with Crippen LogP contribution in [-0.2, 0) is 0 Å². The van der Waals surface area contributed by atoms with E-state index in [-0.39, 0.29) is 0 Å². The Morgan fingerprint density at radius 1 is 1.10 bits per heavy atom. The van der Waals surface area contributed by atoms with E-state index in [0.29, 0.717) is 17.1 Å². The molecule has 2 fully saturated rings. The third kappa shape index (κ3) is 1.95. The lowest BCUT2D eigenvalue weighted by Crippen LogP contribution is -2.29. The largest absolute Gasteiger partial charge is 0.316 e. The van der Waals surface area contributed by atoms with Gasteiger partial charge in [-0.2, -0.15) is 0 Å². The Morgan fingerprint density at radius 3 is 2.43 bits per heavy atom. The van der Waals surface area contributed by atoms with E-state index in [2.05, 4.69) is 15.3 Å². The van der Waals surface area contributed by atoms with Crippen LogP contribution in [0.2, 0.25) is 0 Å². The topological polar surface area (TPSA) is 77.8 Å². The Hall–Kier alpha value is -1.88. The van der Waals surface area contributed by atoms with E-state index in [1.165, 1.54) is 24.8 Å². The zero-order valence-electron chi connectivity index (χ0n) is 12.0. The molecule has 3 unspecified atom stereocenters. The van der Waals surface area contributed by atoms with Gasteiger partial charge in [0.15, 0.2) is 0 Å². The second kappa shape index (κ2) is 4.56. The van der Waals surface area contributed by atoms with Crippen LogP contribution in [0.4, 0.5) is 0 Å². The molecule has 0 radical (unpaired) electrons. The molecule has 0 saturated heterocycles. The fraction of sp³-hybridized carbons (Fsp3) is 0.500. The van der Waals surface area contributed by atoms with Crippen molar-refractivity contribution in [3.8, 4) is 0 Å². The van der Waals surface area contributed by atoms with Gasteiger partial charge in [-0.25, -0.2) is 0 Å². The van der Waals surface area contributed by atoms with Gasteiger partial charge < -0.3 is 15.3 Å². The van der Waals surface area contributed by atoms with Gasteiger partial charge in [-0.15, -0.1) is 0 Å². The summed E-state index contributed by atoms with van der Waals surface area (Å²) in [6.45, 7) is 0. The molecule has 0 aliphatic heterocycles. The molecule has 0 amide bonds. The second-order valence-corrected chi connectivity index (χ2v) is 6.32. The van der Waals surface area contributed by atoms with Crippen molar-refractivity contribution in [3.05, 3.63) is 44.5 Å². The highest BCUT2D eigenvalue weighted by Crippen LogP contribution is 2.62. The maximum atomic E-state index is 11.5. The van der Waals surface area contributed by atoms with Gasteiger partial charge in [0.1, 0.15) is 0 Å². The van der Waals surface area contributed by atoms with Crippen LogP contribution in [0, 0.1) is 17.8 Å². The molecule has 3 N–H and O–H groups in total. The molecule has 0 spiro atoms. The van der Waals surface area contributed by atoms with Gasteiger partial charge in [0.05, 0.1) is 11.0 Å². The molecule has 5 nitrogen and oxygen atoms in total. The molecule has 1 heterocycles. The zero-order chi connectivity index (χ0) is 14.6. The lowest BCUT2D eigenvalue weighted by atomic mass is 9.96. The number of hydrogen-bond acceptors (Lipinski definition) is 3. The molecule has 21 heavy (non-hydrogen) atoms. The third-order valence-electron chi connectivity index (χ3n) is 5.27. The van der Waals surface area contributed by atoms with Crippen LogP contribution in [0.3, 0.4) is 0 Å². The zero-order valence-corrected chi connectivity index (χ0v) is 12.0. The van der Waals surface area contributed by atoms with Gasteiger partial charge in [0.25, 0.3) is 0 Å². The van der Waals surface area contributed by atoms with Crippen LogP contribution in [0.5, 0.6) is 0 Å². The molecule has 3 atom stereocenters. The van der Waals surface area contributed by atoms with E-state index in [9.17, 15) is 9.59 Å². The molecule has 0 bridgehead atoms. The van der Waals surface area contributed by atoms with E-state index >= 15 is 0 Å². The van der Waals surface area contributed by atoms with Crippen molar-refractivity contribution in [2.75, 3.05) is 7.05 Å². The summed E-state index contributed by atoms with van der Waals surface area (Å²) < 4.78 is 0. The van der Waals surface area contributed by atoms with Gasteiger partial charge in [-0.05, 0) is 55.3 Å². The van der Waals surface area contributed by atoms with Crippen molar-refractivity contribution in [1.82, 2.24) is 15.3 Å². The number of aromatic nitrogens is 2. The molecule has 110 valence electrons. The fourth-order valence-electron chi connectivity index (χ4n) is 4.28. The summed E-state index contributed by atoms with van der Waals surface area (Å²) in [7, 11) is 2.00. The summed E-state index contributed by atoms with van der Waals surface area (Å²) in [6, 6.07) is 6.25. The van der Waals surface area contributed by atoms with Crippen LogP contribution < -0.4 is 16.4 Å². The highest BCUT2D eigenvalue weighted by molar-refractivity contribution is 5.74. The summed E-state index contributed by atoms with van der Waals surface area (Å²) in [5, 5.41) is 3.44. The minimum absolute atomic E-state index is 0.333. The molecule has 2 aliphatic rings. The normalized spacial score (nSPS) is 28.5. The van der Waals surface area contributed by atoms with Crippen molar-refractivity contribution in [1.29, 1.82) is 0 Å². The standard InChI is InChI=1S/C16H19N3O2/c1-17-14(13-9-3-2-4-10(9)13)8-5-6-11-12(7-8)19-16(21)15(20)18-11/h5-7,9-10,13-14,17H,2-4H2,1H3,(H,18,20)(H,19,21). The smallest absolute Gasteiger partial charge is 0.314 e. The molecule has 4 rings (SSSR count). The summed E-state index contributed by atoms with van der Waals surface area (Å²) in [5.41, 5.74) is 1.37. The van der Waals surface area contributed by atoms with Gasteiger partial charge in [0, 0.05) is 6.04 Å². The van der Waals surface area contributed by atoms with E-state index in [1.807, 2.05) is 25.2 Å². The first kappa shape index (κ1) is 12.8. The number of fused-ring (bicyclic) bond motifs is 2. The van der Waals surface area contributed by atoms with Crippen molar-refractivity contribution >= 4 is 11.0 Å². The van der Waals surface area contributed by atoms with Crippen LogP contribution in [0.25, 0.3) is 11.0 Å². The van der Waals surface area contributed by atoms with Crippen molar-refractivity contribution < 1.29 is 0 Å². The minimum atomic E-state index is -0.600. The van der Waals surface area contributed by atoms with Gasteiger partial charge in [0.2, 0.25) is 0 Å². The monoisotopic (exact) mass is 285 g/mol. The summed E-state index contributed by atoms with van der Waals surface area (Å²) >= 11 is 0. The number of rotatable bonds is 3. The number of nitrogens with one attached hydrogen (secondary N) is 3. The van der Waals surface area contributed by atoms with E-state index in [1.54, 1.807) is 0 Å². The Labute approximate surface area is 121 Å². The first-order chi connectivity index (χ1) is 10.2. The van der Waals surface area contributed by atoms with Crippen LogP contribution in [-0.4, -0.2) is 17.0 Å². The number of aromatic amines is 2. The number of hydrogen-bond donors (Lipinski definition) is 3. The lowest BCUT2D eigenvalue weighted by Gasteiger charge is -2.19. The van der Waals surface area contributed by atoms with Crippen LogP contribution >= 0.6 is 0 Å². The Morgan fingerprint density at radius 2 is 1.76 bits per heavy atom. The molecule has 2 aliphatic carbocycles. The third-order valence-corrected chi connectivity index (χ3v) is 5.27. The van der Waals surface area contributed by atoms with E-state index in [0.717, 1.165) is 17.8 Å². The summed E-state index contributed by atoms with van der Waals surface area (Å²) in [4.78, 5) is 28.1. The molecular weight excluding hydrogens is 266 g/mol. The first-order valence-electron chi connectivity index (χ1n) is 7.62. The predicted octanol–water partition coefficient (Wildman–Crippen LogP) is 1.52. The van der Waals surface area contributed by atoms with Crippen molar-refractivity contribution in [2.45, 2.75) is 25.3 Å². The first-order valence-corrected chi connectivity index (χ1v) is 7.62. The highest BCUT2D eigenvalue weighted by Gasteiger charge is 2.55. The molecule has 1 aromatic heterocycles. The van der Waals surface area contributed by atoms with Crippen LogP contribution in [0.1, 0.15) is 30.9 Å². The number of H-pyrrole nitrogens is 2. The SMILES string of the molecule is CNC(c1ccc2[nH]c(=O)c(=O)[nH]c2c1)C1C2CCCC21. The average Bonchev–Trinajstić information content (AvgIpc) is 2.94. The predicted molar refractivity (Wildman–Crippen MR) is 81.3 cm³/mol. The van der Waals surface area contributed by atoms with Crippen molar-refractivity contribution in [2.24, 2.45) is 17.8 Å². The molecule has 2 aromatic rings. The Kier molecular flexibility index (Phi) is 2.79. The van der Waals surface area contributed by atoms with Crippen molar-refractivity contribution in [3.63, 3.8) is 0 Å². The maximum Gasteiger partial charge on any atom is 0.314 e. The second-order valence-electron chi connectivity index (χ2n) is 6.32. The molecule has 5 heteroatoms. The molecule has 2 saturated carbocycles. The Balaban J connectivity index is 1.74. The van der Waals surface area contributed by atoms with E-state index < -0.39 is 11.1 Å². The Bertz CT molecular complexity index is 797. The minimum Gasteiger partial charge on any atom is -0.316 e. The van der Waals surface area contributed by atoms with Crippen LogP contribution in [0.15, 0.2) is 27.8 Å². The highest BCUT2D eigenvalue weighted by atomic mass is 16.2. The van der Waals surface area contributed by atoms with Gasteiger partial charge in [-0.1, -0.05) is 12.5 Å². The molecular formula is C16H19N3O2. The summed E-state index contributed by atoms with van der Waals surface area (Å²) in [6.07, 6.45) is 4.07. The quantitative estimate of drug-likeness (QED) is 0.748. The summed E-state index contributed by atoms with van der Waals surface area (Å²) in [5.74, 6) is 2.45. The molecule has 1 aromatic carbocycles. The van der Waals surface area contributed by atoms with Gasteiger partial charge in [-0.3, -0.25) is 9.59 Å². The fourth-order valence-corrected chi connectivity index (χ4v) is 4.28. The van der Waals surface area contributed by atoms with E-state index in [4.69, 9.17) is 0 Å². The average molecular weight is 285 g/mol.